The van der Waals surface area contributed by atoms with Crippen LogP contribution in [0.15, 0.2) is 16.6 Å². The fourth-order valence-electron chi connectivity index (χ4n) is 1.12. The predicted octanol–water partition coefficient (Wildman–Crippen LogP) is 0.850. The molecule has 4 nitrogen and oxygen atoms in total. The van der Waals surface area contributed by atoms with Gasteiger partial charge in [0.2, 0.25) is 0 Å². The molecule has 14 heavy (non-hydrogen) atoms. The van der Waals surface area contributed by atoms with Gasteiger partial charge in [0.05, 0.1) is 5.56 Å². The molecule has 0 aliphatic heterocycles. The zero-order chi connectivity index (χ0) is 10.7. The van der Waals surface area contributed by atoms with Gasteiger partial charge in [-0.2, -0.15) is 0 Å². The maximum atomic E-state index is 11.3. The van der Waals surface area contributed by atoms with Crippen molar-refractivity contribution in [2.75, 3.05) is 12.8 Å². The van der Waals surface area contributed by atoms with Crippen molar-refractivity contribution in [1.29, 1.82) is 0 Å². The van der Waals surface area contributed by atoms with E-state index in [2.05, 4.69) is 21.2 Å². The Kier molecular flexibility index (Phi) is 3.49. The molecule has 0 spiro atoms. The molecular formula is C9H12BrN3O. The van der Waals surface area contributed by atoms with Crippen LogP contribution in [0, 0.1) is 0 Å². The second kappa shape index (κ2) is 4.43. The zero-order valence-corrected chi connectivity index (χ0v) is 9.39. The van der Waals surface area contributed by atoms with Crippen molar-refractivity contribution in [3.8, 4) is 0 Å². The number of nitrogens with two attached hydrogens (primary N) is 2. The van der Waals surface area contributed by atoms with Crippen molar-refractivity contribution in [2.24, 2.45) is 5.73 Å². The van der Waals surface area contributed by atoms with Crippen LogP contribution in [0.2, 0.25) is 0 Å². The molecule has 1 aromatic carbocycles. The Morgan fingerprint density at radius 1 is 1.57 bits per heavy atom. The van der Waals surface area contributed by atoms with E-state index in [1.54, 1.807) is 19.2 Å². The van der Waals surface area contributed by atoms with E-state index in [1.807, 2.05) is 0 Å². The van der Waals surface area contributed by atoms with Crippen LogP contribution in [0.4, 0.5) is 5.69 Å². The number of halogens is 1. The second-order valence-corrected chi connectivity index (χ2v) is 3.67. The van der Waals surface area contributed by atoms with Crippen LogP contribution in [-0.2, 0) is 6.54 Å². The van der Waals surface area contributed by atoms with Gasteiger partial charge in [0.1, 0.15) is 0 Å². The Labute approximate surface area is 90.8 Å². The highest BCUT2D eigenvalue weighted by atomic mass is 79.9. The summed E-state index contributed by atoms with van der Waals surface area (Å²) in [6.45, 7) is 0.388. The summed E-state index contributed by atoms with van der Waals surface area (Å²) in [5.41, 5.74) is 13.0. The standard InChI is InChI=1S/C9H12BrN3O/c1-13-9(14)6-3-7(10)5(4-11)2-8(6)12/h2-3H,4,11-12H2,1H3,(H,13,14). The minimum atomic E-state index is -0.202. The molecule has 0 heterocycles. The largest absolute Gasteiger partial charge is 0.398 e. The first-order chi connectivity index (χ1) is 6.60. The maximum absolute atomic E-state index is 11.3. The van der Waals surface area contributed by atoms with Gasteiger partial charge in [0.25, 0.3) is 5.91 Å². The third-order valence-electron chi connectivity index (χ3n) is 1.91. The zero-order valence-electron chi connectivity index (χ0n) is 7.80. The number of hydrogen-bond acceptors (Lipinski definition) is 3. The van der Waals surface area contributed by atoms with Gasteiger partial charge in [-0.25, -0.2) is 0 Å². The summed E-state index contributed by atoms with van der Waals surface area (Å²) in [5.74, 6) is -0.202. The third-order valence-corrected chi connectivity index (χ3v) is 2.65. The normalized spacial score (nSPS) is 9.93. The SMILES string of the molecule is CNC(=O)c1cc(Br)c(CN)cc1N. The van der Waals surface area contributed by atoms with E-state index >= 15 is 0 Å². The molecule has 5 heteroatoms. The first kappa shape index (κ1) is 11.0. The van der Waals surface area contributed by atoms with Crippen LogP contribution in [0.5, 0.6) is 0 Å². The Bertz CT molecular complexity index is 365. The van der Waals surface area contributed by atoms with Crippen molar-refractivity contribution >= 4 is 27.5 Å². The highest BCUT2D eigenvalue weighted by molar-refractivity contribution is 9.10. The first-order valence-electron chi connectivity index (χ1n) is 4.10. The van der Waals surface area contributed by atoms with Gasteiger partial charge in [-0.1, -0.05) is 15.9 Å². The van der Waals surface area contributed by atoms with E-state index in [4.69, 9.17) is 11.5 Å². The summed E-state index contributed by atoms with van der Waals surface area (Å²) in [6, 6.07) is 3.38. The summed E-state index contributed by atoms with van der Waals surface area (Å²) in [6.07, 6.45) is 0. The van der Waals surface area contributed by atoms with Crippen molar-refractivity contribution in [2.45, 2.75) is 6.54 Å². The highest BCUT2D eigenvalue weighted by Crippen LogP contribution is 2.23. The molecule has 0 radical (unpaired) electrons. The number of benzene rings is 1. The maximum Gasteiger partial charge on any atom is 0.253 e. The summed E-state index contributed by atoms with van der Waals surface area (Å²) in [7, 11) is 1.56. The lowest BCUT2D eigenvalue weighted by molar-refractivity contribution is 0.0964. The lowest BCUT2D eigenvalue weighted by Gasteiger charge is -2.08. The summed E-state index contributed by atoms with van der Waals surface area (Å²) < 4.78 is 0.799. The van der Waals surface area contributed by atoms with Crippen LogP contribution < -0.4 is 16.8 Å². The Morgan fingerprint density at radius 2 is 2.21 bits per heavy atom. The smallest absolute Gasteiger partial charge is 0.253 e. The quantitative estimate of drug-likeness (QED) is 0.688. The Morgan fingerprint density at radius 3 is 2.71 bits per heavy atom. The lowest BCUT2D eigenvalue weighted by Crippen LogP contribution is -2.19. The van der Waals surface area contributed by atoms with Crippen LogP contribution in [0.3, 0.4) is 0 Å². The van der Waals surface area contributed by atoms with Crippen molar-refractivity contribution < 1.29 is 4.79 Å². The molecule has 1 rings (SSSR count). The number of carbonyl (C=O) groups is 1. The Balaban J connectivity index is 3.21. The molecule has 0 saturated carbocycles. The molecule has 1 amide bonds. The molecule has 0 fully saturated rings. The van der Waals surface area contributed by atoms with Gasteiger partial charge in [0, 0.05) is 23.8 Å². The van der Waals surface area contributed by atoms with Gasteiger partial charge in [-0.05, 0) is 17.7 Å². The summed E-state index contributed by atoms with van der Waals surface area (Å²) >= 11 is 3.32. The van der Waals surface area contributed by atoms with Crippen LogP contribution in [-0.4, -0.2) is 13.0 Å². The molecule has 0 aliphatic rings. The third kappa shape index (κ3) is 2.05. The molecule has 0 bridgehead atoms. The van der Waals surface area contributed by atoms with Crippen LogP contribution >= 0.6 is 15.9 Å². The Hall–Kier alpha value is -1.07. The molecule has 0 aromatic heterocycles. The minimum Gasteiger partial charge on any atom is -0.398 e. The van der Waals surface area contributed by atoms with Crippen molar-refractivity contribution in [1.82, 2.24) is 5.32 Å². The topological polar surface area (TPSA) is 81.1 Å². The highest BCUT2D eigenvalue weighted by Gasteiger charge is 2.10. The number of anilines is 1. The number of amides is 1. The van der Waals surface area contributed by atoms with E-state index in [9.17, 15) is 4.79 Å². The molecular weight excluding hydrogens is 246 g/mol. The van der Waals surface area contributed by atoms with E-state index in [0.29, 0.717) is 17.8 Å². The molecule has 0 saturated heterocycles. The van der Waals surface area contributed by atoms with Crippen LogP contribution in [0.1, 0.15) is 15.9 Å². The number of nitrogen functional groups attached to an aromatic ring is 1. The molecule has 76 valence electrons. The van der Waals surface area contributed by atoms with Crippen LogP contribution in [0.25, 0.3) is 0 Å². The van der Waals surface area contributed by atoms with Gasteiger partial charge in [-0.3, -0.25) is 4.79 Å². The average molecular weight is 258 g/mol. The van der Waals surface area contributed by atoms with E-state index < -0.39 is 0 Å². The van der Waals surface area contributed by atoms with Gasteiger partial charge >= 0.3 is 0 Å². The number of hydrogen-bond donors (Lipinski definition) is 3. The van der Waals surface area contributed by atoms with Gasteiger partial charge in [-0.15, -0.1) is 0 Å². The number of nitrogens with one attached hydrogen (secondary N) is 1. The molecule has 5 N–H and O–H groups in total. The van der Waals surface area contributed by atoms with Gasteiger partial charge < -0.3 is 16.8 Å². The molecule has 0 atom stereocenters. The van der Waals surface area contributed by atoms with Crippen molar-refractivity contribution in [3.63, 3.8) is 0 Å². The fraction of sp³-hybridized carbons (Fsp3) is 0.222. The predicted molar refractivity (Wildman–Crippen MR) is 59.8 cm³/mol. The van der Waals surface area contributed by atoms with Crippen molar-refractivity contribution in [3.05, 3.63) is 27.7 Å². The summed E-state index contributed by atoms with van der Waals surface area (Å²) in [4.78, 5) is 11.3. The van der Waals surface area contributed by atoms with E-state index in [-0.39, 0.29) is 5.91 Å². The fourth-order valence-corrected chi connectivity index (χ4v) is 1.63. The van der Waals surface area contributed by atoms with Gasteiger partial charge in [0.15, 0.2) is 0 Å². The minimum absolute atomic E-state index is 0.202. The van der Waals surface area contributed by atoms with E-state index in [0.717, 1.165) is 10.0 Å². The number of rotatable bonds is 2. The average Bonchev–Trinajstić information content (AvgIpc) is 2.19. The number of carbonyl (C=O) groups excluding carboxylic acids is 1. The molecule has 1 aromatic rings. The lowest BCUT2D eigenvalue weighted by atomic mass is 10.1. The molecule has 0 aliphatic carbocycles. The summed E-state index contributed by atoms with van der Waals surface area (Å²) in [5, 5.41) is 2.52. The van der Waals surface area contributed by atoms with E-state index in [1.165, 1.54) is 0 Å². The second-order valence-electron chi connectivity index (χ2n) is 2.81. The molecule has 0 unspecified atom stereocenters. The first-order valence-corrected chi connectivity index (χ1v) is 4.89. The monoisotopic (exact) mass is 257 g/mol.